The second-order valence-corrected chi connectivity index (χ2v) is 18.1. The summed E-state index contributed by atoms with van der Waals surface area (Å²) in [6, 6.07) is 23.0. The fourth-order valence-electron chi connectivity index (χ4n) is 9.20. The number of hydrogen-bond acceptors (Lipinski definition) is 14. The molecule has 3 aliphatic heterocycles. The topological polar surface area (TPSA) is 131 Å². The maximum Gasteiger partial charge on any atom is 0.418 e. The highest BCUT2D eigenvalue weighted by atomic mass is 35.5. The average Bonchev–Trinajstić information content (AvgIpc) is 3.72. The van der Waals surface area contributed by atoms with E-state index in [0.29, 0.717) is 35.4 Å². The number of alkyl halides is 3. The van der Waals surface area contributed by atoms with E-state index >= 15 is 17.6 Å². The van der Waals surface area contributed by atoms with Crippen molar-refractivity contribution < 1.29 is 41.2 Å². The number of likely N-dealkylation sites (N-methyl/N-ethyl adjacent to an activating group) is 1. The normalized spacial score (nSPS) is 15.8. The lowest BCUT2D eigenvalue weighted by Gasteiger charge is -2.31. The number of methoxy groups -OCH3 is 3. The van der Waals surface area contributed by atoms with Crippen LogP contribution in [0.5, 0.6) is 23.0 Å². The Hall–Kier alpha value is -7.31. The van der Waals surface area contributed by atoms with Crippen molar-refractivity contribution in [3.8, 4) is 34.3 Å². The molecule has 0 bridgehead atoms. The van der Waals surface area contributed by atoms with Gasteiger partial charge in [0.25, 0.3) is 0 Å². The van der Waals surface area contributed by atoms with Gasteiger partial charge in [-0.3, -0.25) is 9.98 Å². The fourth-order valence-corrected chi connectivity index (χ4v) is 9.53. The molecule has 19 heteroatoms. The first-order chi connectivity index (χ1) is 34.7. The molecule has 9 rings (SSSR count). The van der Waals surface area contributed by atoms with Crippen LogP contribution in [0.15, 0.2) is 108 Å². The van der Waals surface area contributed by atoms with Crippen LogP contribution in [0.2, 0.25) is 5.02 Å². The van der Waals surface area contributed by atoms with Gasteiger partial charge in [-0.2, -0.15) is 13.2 Å². The lowest BCUT2D eigenvalue weighted by Crippen LogP contribution is -2.45. The average molecular weight is 1010 g/mol. The maximum absolute atomic E-state index is 18.2. The molecule has 2 N–H and O–H groups in total. The molecule has 0 saturated carbocycles. The van der Waals surface area contributed by atoms with Crippen molar-refractivity contribution in [1.82, 2.24) is 30.1 Å². The Balaban J connectivity index is 1.19. The number of anilines is 2. The molecule has 14 nitrogen and oxygen atoms in total. The highest BCUT2D eigenvalue weighted by Crippen LogP contribution is 2.44. The van der Waals surface area contributed by atoms with E-state index in [1.807, 2.05) is 67.4 Å². The Morgan fingerprint density at radius 1 is 0.903 bits per heavy atom. The van der Waals surface area contributed by atoms with Gasteiger partial charge < -0.3 is 49.0 Å². The van der Waals surface area contributed by atoms with E-state index in [1.54, 1.807) is 69.1 Å². The molecule has 0 aliphatic carbocycles. The molecule has 2 atom stereocenters. The third-order valence-electron chi connectivity index (χ3n) is 13.1. The Kier molecular flexibility index (Phi) is 14.6. The van der Waals surface area contributed by atoms with Crippen LogP contribution >= 0.6 is 11.6 Å². The zero-order chi connectivity index (χ0) is 50.7. The Bertz CT molecular complexity index is 3040. The minimum Gasteiger partial charge on any atom is -0.497 e. The molecule has 0 spiro atoms. The molecule has 376 valence electrons. The summed E-state index contributed by atoms with van der Waals surface area (Å²) in [6.07, 6.45) is 1.56. The number of nitrogens with one attached hydrogen (secondary N) is 2. The predicted molar refractivity (Wildman–Crippen MR) is 265 cm³/mol. The number of benzene rings is 4. The summed E-state index contributed by atoms with van der Waals surface area (Å²) in [5, 5.41) is 6.37. The quantitative estimate of drug-likeness (QED) is 0.0844. The van der Waals surface area contributed by atoms with E-state index in [9.17, 15) is 0 Å². The zero-order valence-corrected chi connectivity index (χ0v) is 41.4. The molecular weight excluding hydrogens is 954 g/mol. The lowest BCUT2D eigenvalue weighted by atomic mass is 9.98. The number of pyridine rings is 1. The van der Waals surface area contributed by atoms with Crippen LogP contribution in [0, 0.1) is 12.7 Å². The zero-order valence-electron chi connectivity index (χ0n) is 40.6. The van der Waals surface area contributed by atoms with Crippen molar-refractivity contribution in [1.29, 1.82) is 0 Å². The highest BCUT2D eigenvalue weighted by Gasteiger charge is 2.41. The summed E-state index contributed by atoms with van der Waals surface area (Å²) in [4.78, 5) is 24.5. The predicted octanol–water partition coefficient (Wildman–Crippen LogP) is 9.11. The highest BCUT2D eigenvalue weighted by molar-refractivity contribution is 6.33. The molecule has 0 amide bonds. The molecule has 5 heterocycles. The van der Waals surface area contributed by atoms with E-state index in [-0.39, 0.29) is 65.3 Å². The fraction of sp³-hybridized carbons (Fsp3) is 0.321. The van der Waals surface area contributed by atoms with Gasteiger partial charge in [-0.15, -0.1) is 0 Å². The summed E-state index contributed by atoms with van der Waals surface area (Å²) in [5.41, 5.74) is 0.389. The number of aromatic nitrogens is 3. The van der Waals surface area contributed by atoms with Crippen molar-refractivity contribution in [3.05, 3.63) is 158 Å². The van der Waals surface area contributed by atoms with Crippen LogP contribution in [0.3, 0.4) is 0 Å². The number of halogens is 5. The van der Waals surface area contributed by atoms with Gasteiger partial charge >= 0.3 is 12.1 Å². The molecular formula is C53H54ClF4N9O5. The Morgan fingerprint density at radius 2 is 1.51 bits per heavy atom. The van der Waals surface area contributed by atoms with E-state index in [0.717, 1.165) is 41.8 Å². The first kappa shape index (κ1) is 49.7. The number of nitrogens with zero attached hydrogens (tertiary/aromatic N) is 7. The smallest absolute Gasteiger partial charge is 0.418 e. The molecule has 0 radical (unpaired) electrons. The lowest BCUT2D eigenvalue weighted by molar-refractivity contribution is -0.137. The molecule has 1 saturated heterocycles. The summed E-state index contributed by atoms with van der Waals surface area (Å²) in [5.74, 6) is 1.16. The van der Waals surface area contributed by atoms with Crippen LogP contribution in [0.4, 0.5) is 29.2 Å². The second-order valence-electron chi connectivity index (χ2n) is 17.7. The number of rotatable bonds is 17. The van der Waals surface area contributed by atoms with Gasteiger partial charge in [0.05, 0.1) is 66.0 Å². The Morgan fingerprint density at radius 3 is 2.10 bits per heavy atom. The molecule has 1 fully saturated rings. The van der Waals surface area contributed by atoms with Gasteiger partial charge in [0.2, 0.25) is 0 Å². The molecule has 72 heavy (non-hydrogen) atoms. The monoisotopic (exact) mass is 1010 g/mol. The minimum atomic E-state index is -5.00. The van der Waals surface area contributed by atoms with E-state index in [4.69, 9.17) is 45.3 Å². The van der Waals surface area contributed by atoms with E-state index < -0.39 is 40.6 Å². The maximum atomic E-state index is 18.2. The molecule has 3 aliphatic rings. The first-order valence-corrected chi connectivity index (χ1v) is 23.7. The summed E-state index contributed by atoms with van der Waals surface area (Å²) >= 11 is 7.26. The minimum absolute atomic E-state index is 0.00231. The van der Waals surface area contributed by atoms with Gasteiger partial charge in [-0.1, -0.05) is 48.0 Å². The summed E-state index contributed by atoms with van der Waals surface area (Å²) in [6.45, 7) is 5.01. The van der Waals surface area contributed by atoms with Crippen molar-refractivity contribution in [2.24, 2.45) is 4.99 Å². The van der Waals surface area contributed by atoms with Crippen LogP contribution < -0.4 is 45.1 Å². The molecule has 1 unspecified atom stereocenters. The van der Waals surface area contributed by atoms with Gasteiger partial charge in [-0.05, 0) is 105 Å². The standard InChI is InChI=1S/C53H54ClF4N9O5/c1-31-24-40(66(26-34-11-17-38(69-5)18-12-34)27-35-13-19-39(70-6)20-14-35)64-48(44(31)53(56,57)58)42-45(54)49-43-50(46(42)55)72-41(71-29-36-8-7-23-65(36)3)28-67(52(43)63-30-62-49)32(2)47-51(60-22-21-59-47)61-25-33-9-15-37(68-4)16-10-33/h9-22,24,28,32,36,63H,7-8,23,25-27,29-30H2,1-6H3,(H,60,61)/t32?,36-/m0/s1. The van der Waals surface area contributed by atoms with Gasteiger partial charge in [0, 0.05) is 38.1 Å². The summed E-state index contributed by atoms with van der Waals surface area (Å²) < 4.78 is 93.9. The van der Waals surface area contributed by atoms with Gasteiger partial charge in [0.15, 0.2) is 11.6 Å². The molecule has 2 aromatic heterocycles. The van der Waals surface area contributed by atoms with Crippen LogP contribution in [-0.2, 0) is 30.5 Å². The van der Waals surface area contributed by atoms with Crippen molar-refractivity contribution in [2.45, 2.75) is 64.6 Å². The van der Waals surface area contributed by atoms with Crippen LogP contribution in [0.25, 0.3) is 17.1 Å². The van der Waals surface area contributed by atoms with E-state index in [1.165, 1.54) is 13.0 Å². The van der Waals surface area contributed by atoms with Crippen LogP contribution in [0.1, 0.15) is 59.3 Å². The second kappa shape index (κ2) is 21.2. The third kappa shape index (κ3) is 10.4. The summed E-state index contributed by atoms with van der Waals surface area (Å²) in [7, 11) is 6.73. The number of hydrogen-bond donors (Lipinski definition) is 2. The van der Waals surface area contributed by atoms with Crippen molar-refractivity contribution in [3.63, 3.8) is 0 Å². The van der Waals surface area contributed by atoms with Crippen molar-refractivity contribution in [2.75, 3.05) is 58.4 Å². The molecule has 6 aromatic rings. The number of aryl methyl sites for hydroxylation is 1. The SMILES string of the molecule is COc1ccc(CNc2nccnc2C(C)N2C=C(OC[C@@H]3CCCN3C)Oc3c(F)c(-c4nc(N(Cc5ccc(OC)cc5)Cc5ccc(OC)cc5)cc(C)c4C(F)(F)F)c(Cl)c4c3=C2NCN=4)cc1. The first-order valence-electron chi connectivity index (χ1n) is 23.4. The number of ether oxygens (including phenoxy) is 5. The van der Waals surface area contributed by atoms with Gasteiger partial charge in [-0.25, -0.2) is 14.4 Å². The van der Waals surface area contributed by atoms with Crippen LogP contribution in [-0.4, -0.2) is 79.0 Å². The largest absolute Gasteiger partial charge is 0.497 e. The van der Waals surface area contributed by atoms with Crippen molar-refractivity contribution >= 4 is 29.1 Å². The van der Waals surface area contributed by atoms with E-state index in [2.05, 4.69) is 25.5 Å². The van der Waals surface area contributed by atoms with Gasteiger partial charge in [0.1, 0.15) is 53.7 Å². The third-order valence-corrected chi connectivity index (χ3v) is 13.5. The molecule has 4 aromatic carbocycles. The Labute approximate surface area is 419 Å². The number of likely N-dealkylation sites (tertiary alicyclic amines) is 1.